The number of halogens is 1. The summed E-state index contributed by atoms with van der Waals surface area (Å²) < 4.78 is 26.4. The van der Waals surface area contributed by atoms with Crippen molar-refractivity contribution in [2.24, 2.45) is 4.99 Å². The highest BCUT2D eigenvalue weighted by atomic mass is 35.5. The van der Waals surface area contributed by atoms with Gasteiger partial charge in [0.1, 0.15) is 5.84 Å². The van der Waals surface area contributed by atoms with E-state index in [2.05, 4.69) is 15.0 Å². The standard InChI is InChI=1S/C18H16ClN3O3S/c19-14-5-3-4-13(12-14)8-9-17(23)20-10-11-21-18-15-6-1-2-7-16(15)26(24,25)22-18/h1-9,12H,10-11H2,(H,20,23)(H,21,22). The largest absolute Gasteiger partial charge is 0.351 e. The Balaban J connectivity index is 1.54. The smallest absolute Gasteiger partial charge is 0.263 e. The highest BCUT2D eigenvalue weighted by Gasteiger charge is 2.29. The third kappa shape index (κ3) is 4.30. The Morgan fingerprint density at radius 3 is 2.81 bits per heavy atom. The van der Waals surface area contributed by atoms with E-state index in [9.17, 15) is 13.2 Å². The number of carbonyl (C=O) groups is 1. The van der Waals surface area contributed by atoms with Crippen LogP contribution in [0.4, 0.5) is 0 Å². The molecule has 0 fully saturated rings. The number of aliphatic imine (C=N–C) groups is 1. The molecule has 1 heterocycles. The summed E-state index contributed by atoms with van der Waals surface area (Å²) >= 11 is 5.88. The van der Waals surface area contributed by atoms with E-state index in [-0.39, 0.29) is 23.9 Å². The van der Waals surface area contributed by atoms with E-state index in [1.54, 1.807) is 42.5 Å². The maximum atomic E-state index is 12.0. The zero-order valence-corrected chi connectivity index (χ0v) is 15.2. The van der Waals surface area contributed by atoms with E-state index < -0.39 is 10.0 Å². The molecular weight excluding hydrogens is 374 g/mol. The summed E-state index contributed by atoms with van der Waals surface area (Å²) in [5, 5.41) is 3.29. The molecular formula is C18H16ClN3O3S. The zero-order valence-electron chi connectivity index (χ0n) is 13.6. The van der Waals surface area contributed by atoms with Gasteiger partial charge >= 0.3 is 0 Å². The van der Waals surface area contributed by atoms with E-state index in [4.69, 9.17) is 11.6 Å². The zero-order chi connectivity index (χ0) is 18.6. The fourth-order valence-electron chi connectivity index (χ4n) is 2.44. The van der Waals surface area contributed by atoms with Crippen LogP contribution in [0.5, 0.6) is 0 Å². The van der Waals surface area contributed by atoms with Gasteiger partial charge in [0.05, 0.1) is 11.4 Å². The number of nitrogens with zero attached hydrogens (tertiary/aromatic N) is 1. The van der Waals surface area contributed by atoms with Gasteiger partial charge in [0, 0.05) is 23.2 Å². The maximum Gasteiger partial charge on any atom is 0.263 e. The van der Waals surface area contributed by atoms with Crippen LogP contribution < -0.4 is 10.0 Å². The molecule has 0 unspecified atom stereocenters. The van der Waals surface area contributed by atoms with Crippen LogP contribution in [0.15, 0.2) is 64.5 Å². The number of hydrogen-bond acceptors (Lipinski definition) is 4. The van der Waals surface area contributed by atoms with E-state index >= 15 is 0 Å². The Kier molecular flexibility index (Phi) is 5.39. The summed E-state index contributed by atoms with van der Waals surface area (Å²) in [6, 6.07) is 13.8. The molecule has 8 heteroatoms. The Morgan fingerprint density at radius 1 is 1.19 bits per heavy atom. The Labute approximate surface area is 156 Å². The van der Waals surface area contributed by atoms with Gasteiger partial charge in [-0.05, 0) is 35.9 Å². The van der Waals surface area contributed by atoms with E-state index in [1.807, 2.05) is 6.07 Å². The molecule has 0 aliphatic carbocycles. The van der Waals surface area contributed by atoms with Crippen LogP contribution >= 0.6 is 11.6 Å². The molecule has 134 valence electrons. The molecule has 0 atom stereocenters. The molecule has 6 nitrogen and oxygen atoms in total. The molecule has 2 N–H and O–H groups in total. The van der Waals surface area contributed by atoms with Crippen molar-refractivity contribution in [1.29, 1.82) is 0 Å². The summed E-state index contributed by atoms with van der Waals surface area (Å²) in [7, 11) is -3.54. The highest BCUT2D eigenvalue weighted by Crippen LogP contribution is 2.21. The molecule has 0 saturated heterocycles. The van der Waals surface area contributed by atoms with Crippen LogP contribution in [-0.2, 0) is 14.8 Å². The second kappa shape index (κ2) is 7.72. The molecule has 0 radical (unpaired) electrons. The predicted octanol–water partition coefficient (Wildman–Crippen LogP) is 2.21. The molecule has 0 bridgehead atoms. The van der Waals surface area contributed by atoms with Gasteiger partial charge in [0.15, 0.2) is 0 Å². The fraction of sp³-hybridized carbons (Fsp3) is 0.111. The molecule has 26 heavy (non-hydrogen) atoms. The molecule has 3 rings (SSSR count). The summed E-state index contributed by atoms with van der Waals surface area (Å²) in [6.07, 6.45) is 3.07. The number of carbonyl (C=O) groups excluding carboxylic acids is 1. The van der Waals surface area contributed by atoms with Crippen LogP contribution in [0.2, 0.25) is 5.02 Å². The second-order valence-corrected chi connectivity index (χ2v) is 7.60. The van der Waals surface area contributed by atoms with Gasteiger partial charge in [-0.25, -0.2) is 8.42 Å². The molecule has 1 aliphatic rings. The molecule has 2 aromatic carbocycles. The predicted molar refractivity (Wildman–Crippen MR) is 102 cm³/mol. The van der Waals surface area contributed by atoms with E-state index in [0.717, 1.165) is 5.56 Å². The first kappa shape index (κ1) is 18.2. The van der Waals surface area contributed by atoms with E-state index in [0.29, 0.717) is 16.4 Å². The Bertz CT molecular complexity index is 1000. The summed E-state index contributed by atoms with van der Waals surface area (Å²) in [6.45, 7) is 0.537. The number of hydrogen-bond donors (Lipinski definition) is 2. The lowest BCUT2D eigenvalue weighted by atomic mass is 10.2. The van der Waals surface area contributed by atoms with Crippen molar-refractivity contribution in [1.82, 2.24) is 10.0 Å². The van der Waals surface area contributed by atoms with Crippen molar-refractivity contribution < 1.29 is 13.2 Å². The first-order valence-corrected chi connectivity index (χ1v) is 9.70. The third-order valence-corrected chi connectivity index (χ3v) is 5.25. The van der Waals surface area contributed by atoms with Crippen LogP contribution in [0.25, 0.3) is 6.08 Å². The maximum absolute atomic E-state index is 12.0. The van der Waals surface area contributed by atoms with Crippen LogP contribution in [0.3, 0.4) is 0 Å². The van der Waals surface area contributed by atoms with Crippen molar-refractivity contribution in [3.63, 3.8) is 0 Å². The van der Waals surface area contributed by atoms with Crippen molar-refractivity contribution in [2.75, 3.05) is 13.1 Å². The molecule has 1 aliphatic heterocycles. The van der Waals surface area contributed by atoms with Gasteiger partial charge in [0.2, 0.25) is 5.91 Å². The van der Waals surface area contributed by atoms with Crippen molar-refractivity contribution in [3.05, 3.63) is 70.8 Å². The third-order valence-electron chi connectivity index (χ3n) is 3.62. The minimum atomic E-state index is -3.54. The second-order valence-electron chi connectivity index (χ2n) is 5.51. The van der Waals surface area contributed by atoms with Crippen LogP contribution in [0, 0.1) is 0 Å². The highest BCUT2D eigenvalue weighted by molar-refractivity contribution is 7.90. The normalized spacial score (nSPS) is 16.4. The van der Waals surface area contributed by atoms with Gasteiger partial charge in [-0.2, -0.15) is 0 Å². The number of nitrogens with one attached hydrogen (secondary N) is 2. The SMILES string of the molecule is O=C(C=Cc1cccc(Cl)c1)NCCN=C1NS(=O)(=O)c2ccccc21. The van der Waals surface area contributed by atoms with Crippen molar-refractivity contribution >= 4 is 39.4 Å². The average Bonchev–Trinajstić information content (AvgIpc) is 2.88. The number of amides is 1. The van der Waals surface area contributed by atoms with Gasteiger partial charge in [0.25, 0.3) is 10.0 Å². The first-order chi connectivity index (χ1) is 12.5. The lowest BCUT2D eigenvalue weighted by molar-refractivity contribution is -0.116. The number of amidine groups is 1. The lowest BCUT2D eigenvalue weighted by Gasteiger charge is -2.01. The monoisotopic (exact) mass is 389 g/mol. The van der Waals surface area contributed by atoms with Crippen LogP contribution in [0.1, 0.15) is 11.1 Å². The molecule has 1 amide bonds. The van der Waals surface area contributed by atoms with Gasteiger partial charge < -0.3 is 5.32 Å². The topological polar surface area (TPSA) is 87.6 Å². The number of benzene rings is 2. The van der Waals surface area contributed by atoms with Gasteiger partial charge in [-0.1, -0.05) is 35.9 Å². The molecule has 0 aromatic heterocycles. The Morgan fingerprint density at radius 2 is 2.00 bits per heavy atom. The summed E-state index contributed by atoms with van der Waals surface area (Å²) in [5.74, 6) is 0.0295. The number of rotatable bonds is 5. The quantitative estimate of drug-likeness (QED) is 0.607. The fourth-order valence-corrected chi connectivity index (χ4v) is 3.89. The minimum Gasteiger partial charge on any atom is -0.351 e. The number of fused-ring (bicyclic) bond motifs is 1. The van der Waals surface area contributed by atoms with Gasteiger partial charge in [-0.3, -0.25) is 14.5 Å². The number of sulfonamides is 1. The lowest BCUT2D eigenvalue weighted by Crippen LogP contribution is -2.26. The van der Waals surface area contributed by atoms with Gasteiger partial charge in [-0.15, -0.1) is 0 Å². The molecule has 0 saturated carbocycles. The minimum absolute atomic E-state index is 0.215. The van der Waals surface area contributed by atoms with Crippen molar-refractivity contribution in [2.45, 2.75) is 4.90 Å². The summed E-state index contributed by atoms with van der Waals surface area (Å²) in [4.78, 5) is 16.3. The molecule has 0 spiro atoms. The summed E-state index contributed by atoms with van der Waals surface area (Å²) in [5.41, 5.74) is 1.37. The molecule has 2 aromatic rings. The van der Waals surface area contributed by atoms with Crippen LogP contribution in [-0.4, -0.2) is 33.3 Å². The van der Waals surface area contributed by atoms with E-state index in [1.165, 1.54) is 12.1 Å². The average molecular weight is 390 g/mol. The van der Waals surface area contributed by atoms with Crippen molar-refractivity contribution in [3.8, 4) is 0 Å². The Hall–Kier alpha value is -2.64. The first-order valence-electron chi connectivity index (χ1n) is 7.84.